The smallest absolute Gasteiger partial charge is 0.252 e. The fraction of sp³-hybridized carbons (Fsp3) is 0. The van der Waals surface area contributed by atoms with Gasteiger partial charge in [-0.25, -0.2) is 0 Å². The molecule has 0 atom stereocenters. The zero-order valence-corrected chi connectivity index (χ0v) is 37.1. The lowest BCUT2D eigenvalue weighted by Crippen LogP contribution is -2.59. The first-order chi connectivity index (χ1) is 34.3. The topological polar surface area (TPSA) is 35.6 Å². The standard InChI is InChI=1S/C64H35BN4/c1-3-18-42-38(14-1)40-16-5-7-20-44(40)58-46(42)27-29-55-60(58)61-59-45-21-8-6-17-41(45)39-15-2-4-19-43(39)48(59)35-51-64(61)69(55)57-25-13-24-56-62(57)65(51)50-34-37(53-23-10-12-31-67-53)33-49-47-32-36(52-22-9-11-30-66-52)26-28-54(47)68(56)63(49)50/h1-35H. The molecule has 0 radical (unpaired) electrons. The summed E-state index contributed by atoms with van der Waals surface area (Å²) in [5.41, 5.74) is 15.5. The van der Waals surface area contributed by atoms with Crippen LogP contribution in [0.2, 0.25) is 0 Å². The minimum absolute atomic E-state index is 0.0766. The van der Waals surface area contributed by atoms with Crippen molar-refractivity contribution in [1.29, 1.82) is 0 Å². The van der Waals surface area contributed by atoms with Crippen LogP contribution in [0.3, 0.4) is 0 Å². The fourth-order valence-corrected chi connectivity index (χ4v) is 13.3. The summed E-state index contributed by atoms with van der Waals surface area (Å²) in [6.45, 7) is -0.0766. The maximum atomic E-state index is 4.99. The summed E-state index contributed by atoms with van der Waals surface area (Å²) in [5, 5.41) is 20.5. The molecule has 0 N–H and O–H groups in total. The Labute approximate surface area is 395 Å². The molecular weight excluding hydrogens is 836 g/mol. The molecule has 0 bridgehead atoms. The van der Waals surface area contributed by atoms with Crippen molar-refractivity contribution >= 4 is 131 Å². The van der Waals surface area contributed by atoms with Crippen LogP contribution < -0.4 is 16.4 Å². The maximum absolute atomic E-state index is 4.99. The van der Waals surface area contributed by atoms with Crippen molar-refractivity contribution in [2.45, 2.75) is 0 Å². The molecule has 4 aromatic heterocycles. The molecule has 69 heavy (non-hydrogen) atoms. The third-order valence-electron chi connectivity index (χ3n) is 15.9. The second-order valence-electron chi connectivity index (χ2n) is 19.1. The summed E-state index contributed by atoms with van der Waals surface area (Å²) in [6, 6.07) is 74.9. The van der Waals surface area contributed by atoms with Crippen LogP contribution >= 0.6 is 0 Å². The number of pyridine rings is 2. The van der Waals surface area contributed by atoms with Gasteiger partial charge in [-0.2, -0.15) is 0 Å². The van der Waals surface area contributed by atoms with Crippen molar-refractivity contribution in [1.82, 2.24) is 19.1 Å². The van der Waals surface area contributed by atoms with Gasteiger partial charge in [0.15, 0.2) is 0 Å². The highest BCUT2D eigenvalue weighted by atomic mass is 15.0. The first kappa shape index (κ1) is 36.1. The van der Waals surface area contributed by atoms with Crippen LogP contribution in [0.25, 0.3) is 142 Å². The van der Waals surface area contributed by atoms with Gasteiger partial charge in [-0.3, -0.25) is 9.97 Å². The van der Waals surface area contributed by atoms with Crippen LogP contribution in [0, 0.1) is 0 Å². The molecule has 0 fully saturated rings. The predicted octanol–water partition coefficient (Wildman–Crippen LogP) is 14.1. The predicted molar refractivity (Wildman–Crippen MR) is 291 cm³/mol. The van der Waals surface area contributed by atoms with Gasteiger partial charge in [0.25, 0.3) is 6.71 Å². The highest BCUT2D eigenvalue weighted by molar-refractivity contribution is 7.00. The highest BCUT2D eigenvalue weighted by Gasteiger charge is 2.42. The van der Waals surface area contributed by atoms with Crippen LogP contribution in [-0.2, 0) is 0 Å². The average Bonchev–Trinajstić information content (AvgIpc) is 3.95. The summed E-state index contributed by atoms with van der Waals surface area (Å²) in [4.78, 5) is 9.79. The van der Waals surface area contributed by atoms with Crippen molar-refractivity contribution in [3.63, 3.8) is 0 Å². The van der Waals surface area contributed by atoms with Crippen LogP contribution in [0.5, 0.6) is 0 Å². The van der Waals surface area contributed by atoms with E-state index in [-0.39, 0.29) is 6.71 Å². The number of benzene rings is 11. The normalized spacial score (nSPS) is 12.9. The number of fused-ring (bicyclic) bond motifs is 24. The monoisotopic (exact) mass is 870 g/mol. The lowest BCUT2D eigenvalue weighted by atomic mass is 9.34. The SMILES string of the molecule is c1ccc(-c2ccc3c(c2)c2cc(-c4ccccn4)cc4c2n3-c2cccc3c2B4c2cc4c5ccccc5c5ccccc5c4c4c5c6c7ccccc7c7ccccc7c6ccc5n-3c24)nc1. The van der Waals surface area contributed by atoms with Crippen LogP contribution in [-0.4, -0.2) is 25.8 Å². The van der Waals surface area contributed by atoms with E-state index in [1.807, 2.05) is 24.5 Å². The van der Waals surface area contributed by atoms with E-state index in [1.165, 1.54) is 136 Å². The van der Waals surface area contributed by atoms with Gasteiger partial charge >= 0.3 is 0 Å². The molecule has 0 saturated heterocycles. The minimum Gasteiger partial charge on any atom is -0.310 e. The maximum Gasteiger partial charge on any atom is 0.252 e. The van der Waals surface area contributed by atoms with E-state index in [9.17, 15) is 0 Å². The van der Waals surface area contributed by atoms with E-state index in [4.69, 9.17) is 9.97 Å². The van der Waals surface area contributed by atoms with Crippen molar-refractivity contribution in [2.24, 2.45) is 0 Å². The molecule has 5 heteroatoms. The van der Waals surface area contributed by atoms with Gasteiger partial charge in [-0.05, 0) is 131 Å². The first-order valence-electron chi connectivity index (χ1n) is 23.9. The van der Waals surface area contributed by atoms with Crippen molar-refractivity contribution in [2.75, 3.05) is 0 Å². The zero-order chi connectivity index (χ0) is 44.6. The number of hydrogen-bond donors (Lipinski definition) is 0. The Hall–Kier alpha value is -9.06. The lowest BCUT2D eigenvalue weighted by molar-refractivity contribution is 1.14. The van der Waals surface area contributed by atoms with Gasteiger partial charge in [-0.1, -0.05) is 140 Å². The Balaban J connectivity index is 1.13. The molecule has 0 unspecified atom stereocenters. The second-order valence-corrected chi connectivity index (χ2v) is 19.1. The van der Waals surface area contributed by atoms with Gasteiger partial charge in [0.05, 0.1) is 27.9 Å². The molecule has 2 aliphatic heterocycles. The summed E-state index contributed by atoms with van der Waals surface area (Å²) in [7, 11) is 0. The molecule has 2 aliphatic rings. The Morgan fingerprint density at radius 3 is 1.42 bits per heavy atom. The zero-order valence-electron chi connectivity index (χ0n) is 37.1. The van der Waals surface area contributed by atoms with Gasteiger partial charge in [0.2, 0.25) is 0 Å². The molecule has 4 nitrogen and oxygen atoms in total. The highest BCUT2D eigenvalue weighted by Crippen LogP contribution is 2.49. The van der Waals surface area contributed by atoms with Gasteiger partial charge in [0, 0.05) is 72.7 Å². The molecule has 11 aromatic carbocycles. The quantitative estimate of drug-likeness (QED) is 0.128. The van der Waals surface area contributed by atoms with Gasteiger partial charge in [0.1, 0.15) is 0 Å². The van der Waals surface area contributed by atoms with E-state index in [2.05, 4.69) is 197 Å². The van der Waals surface area contributed by atoms with Crippen molar-refractivity contribution < 1.29 is 0 Å². The van der Waals surface area contributed by atoms with Crippen LogP contribution in [0.4, 0.5) is 0 Å². The largest absolute Gasteiger partial charge is 0.310 e. The van der Waals surface area contributed by atoms with Gasteiger partial charge < -0.3 is 9.13 Å². The van der Waals surface area contributed by atoms with E-state index in [0.717, 1.165) is 22.5 Å². The van der Waals surface area contributed by atoms with E-state index in [1.54, 1.807) is 0 Å². The summed E-state index contributed by atoms with van der Waals surface area (Å²) in [5.74, 6) is 0. The Kier molecular flexibility index (Phi) is 6.74. The Bertz CT molecular complexity index is 4800. The van der Waals surface area contributed by atoms with Crippen LogP contribution in [0.1, 0.15) is 0 Å². The minimum atomic E-state index is -0.0766. The Morgan fingerprint density at radius 2 is 0.797 bits per heavy atom. The number of nitrogens with zero attached hydrogens (tertiary/aromatic N) is 4. The van der Waals surface area contributed by atoms with Crippen molar-refractivity contribution in [3.8, 4) is 33.9 Å². The van der Waals surface area contributed by atoms with Gasteiger partial charge in [-0.15, -0.1) is 0 Å². The first-order valence-corrected chi connectivity index (χ1v) is 23.9. The third-order valence-corrected chi connectivity index (χ3v) is 15.9. The average molecular weight is 871 g/mol. The molecule has 314 valence electrons. The van der Waals surface area contributed by atoms with E-state index >= 15 is 0 Å². The Morgan fingerprint density at radius 1 is 0.304 bits per heavy atom. The molecule has 0 aliphatic carbocycles. The van der Waals surface area contributed by atoms with E-state index < -0.39 is 0 Å². The number of rotatable bonds is 2. The number of aromatic nitrogens is 4. The third kappa shape index (κ3) is 4.46. The summed E-state index contributed by atoms with van der Waals surface area (Å²) < 4.78 is 5.21. The molecule has 15 aromatic rings. The molecule has 0 saturated carbocycles. The molecule has 0 spiro atoms. The van der Waals surface area contributed by atoms with E-state index in [0.29, 0.717) is 0 Å². The van der Waals surface area contributed by atoms with Crippen LogP contribution in [0.15, 0.2) is 213 Å². The summed E-state index contributed by atoms with van der Waals surface area (Å²) in [6.07, 6.45) is 3.80. The number of hydrogen-bond acceptors (Lipinski definition) is 2. The molecular formula is C64H35BN4. The second kappa shape index (κ2) is 12.9. The summed E-state index contributed by atoms with van der Waals surface area (Å²) >= 11 is 0. The fourth-order valence-electron chi connectivity index (χ4n) is 13.3. The molecule has 17 rings (SSSR count). The van der Waals surface area contributed by atoms with Crippen molar-refractivity contribution in [3.05, 3.63) is 213 Å². The lowest BCUT2D eigenvalue weighted by Gasteiger charge is -2.34. The molecule has 6 heterocycles. The molecule has 0 amide bonds.